The number of carbonyl (C=O) groups is 1. The molecule has 1 N–H and O–H groups in total. The summed E-state index contributed by atoms with van der Waals surface area (Å²) in [6, 6.07) is 16.0. The van der Waals surface area contributed by atoms with E-state index in [1.165, 1.54) is 30.4 Å². The third-order valence-electron chi connectivity index (χ3n) is 5.22. The quantitative estimate of drug-likeness (QED) is 0.756. The standard InChI is InChI=1S/C23H30N2O3/c1-18-6-10-21(11-7-18)28-17-23(26)24-16-22(25-14-4-3-5-15-25)19-8-12-20(27-2)13-9-19/h6-13,22H,3-5,14-17H2,1-2H3,(H,24,26)/t22-/m1/s1. The Labute approximate surface area is 167 Å². The van der Waals surface area contributed by atoms with Gasteiger partial charge in [0, 0.05) is 6.54 Å². The van der Waals surface area contributed by atoms with Gasteiger partial charge in [0.25, 0.3) is 5.91 Å². The minimum Gasteiger partial charge on any atom is -0.497 e. The Kier molecular flexibility index (Phi) is 7.31. The molecule has 28 heavy (non-hydrogen) atoms. The summed E-state index contributed by atoms with van der Waals surface area (Å²) >= 11 is 0. The van der Waals surface area contributed by atoms with Crippen molar-refractivity contribution in [2.45, 2.75) is 32.2 Å². The summed E-state index contributed by atoms with van der Waals surface area (Å²) in [5, 5.41) is 3.05. The van der Waals surface area contributed by atoms with Gasteiger partial charge in [0.05, 0.1) is 13.2 Å². The number of hydrogen-bond acceptors (Lipinski definition) is 4. The Bertz CT molecular complexity index is 737. The van der Waals surface area contributed by atoms with Gasteiger partial charge in [-0.2, -0.15) is 0 Å². The number of ether oxygens (including phenoxy) is 2. The molecular weight excluding hydrogens is 352 g/mol. The van der Waals surface area contributed by atoms with E-state index in [2.05, 4.69) is 22.3 Å². The van der Waals surface area contributed by atoms with Crippen LogP contribution in [-0.4, -0.2) is 44.2 Å². The van der Waals surface area contributed by atoms with Gasteiger partial charge in [-0.05, 0) is 62.7 Å². The summed E-state index contributed by atoms with van der Waals surface area (Å²) in [6.45, 7) is 4.75. The van der Waals surface area contributed by atoms with Gasteiger partial charge in [-0.1, -0.05) is 36.2 Å². The van der Waals surface area contributed by atoms with E-state index >= 15 is 0 Å². The minimum atomic E-state index is -0.101. The molecule has 1 saturated heterocycles. The van der Waals surface area contributed by atoms with Gasteiger partial charge in [-0.3, -0.25) is 9.69 Å². The van der Waals surface area contributed by atoms with Crippen LogP contribution in [0, 0.1) is 6.92 Å². The largest absolute Gasteiger partial charge is 0.497 e. The highest BCUT2D eigenvalue weighted by atomic mass is 16.5. The van der Waals surface area contributed by atoms with Crippen molar-refractivity contribution in [1.82, 2.24) is 10.2 Å². The predicted octanol–water partition coefficient (Wildman–Crippen LogP) is 3.73. The summed E-state index contributed by atoms with van der Waals surface area (Å²) in [6.07, 6.45) is 3.69. The van der Waals surface area contributed by atoms with Crippen LogP contribution in [0.4, 0.5) is 0 Å². The van der Waals surface area contributed by atoms with Crippen molar-refractivity contribution in [2.75, 3.05) is 33.4 Å². The topological polar surface area (TPSA) is 50.8 Å². The van der Waals surface area contributed by atoms with Gasteiger partial charge in [-0.25, -0.2) is 0 Å². The first kappa shape index (κ1) is 20.2. The molecule has 0 radical (unpaired) electrons. The van der Waals surface area contributed by atoms with Crippen LogP contribution in [0.25, 0.3) is 0 Å². The molecule has 1 fully saturated rings. The molecule has 0 bridgehead atoms. The number of likely N-dealkylation sites (tertiary alicyclic amines) is 1. The average Bonchev–Trinajstić information content (AvgIpc) is 2.74. The Morgan fingerprint density at radius 3 is 2.29 bits per heavy atom. The number of rotatable bonds is 8. The van der Waals surface area contributed by atoms with E-state index in [0.717, 1.165) is 18.8 Å². The summed E-state index contributed by atoms with van der Waals surface area (Å²) in [5.41, 5.74) is 2.36. The van der Waals surface area contributed by atoms with Gasteiger partial charge in [-0.15, -0.1) is 0 Å². The first-order chi connectivity index (χ1) is 13.7. The van der Waals surface area contributed by atoms with Gasteiger partial charge < -0.3 is 14.8 Å². The highest BCUT2D eigenvalue weighted by molar-refractivity contribution is 5.77. The highest BCUT2D eigenvalue weighted by Crippen LogP contribution is 2.25. The van der Waals surface area contributed by atoms with Crippen LogP contribution in [-0.2, 0) is 4.79 Å². The zero-order chi connectivity index (χ0) is 19.8. The lowest BCUT2D eigenvalue weighted by molar-refractivity contribution is -0.123. The van der Waals surface area contributed by atoms with E-state index < -0.39 is 0 Å². The van der Waals surface area contributed by atoms with E-state index in [1.54, 1.807) is 7.11 Å². The molecule has 0 spiro atoms. The lowest BCUT2D eigenvalue weighted by Gasteiger charge is -2.35. The monoisotopic (exact) mass is 382 g/mol. The molecule has 5 heteroatoms. The molecule has 1 aliphatic heterocycles. The molecular formula is C23H30N2O3. The number of amides is 1. The van der Waals surface area contributed by atoms with Gasteiger partial charge in [0.15, 0.2) is 6.61 Å². The zero-order valence-corrected chi connectivity index (χ0v) is 16.8. The molecule has 0 aliphatic carbocycles. The van der Waals surface area contributed by atoms with Crippen LogP contribution >= 0.6 is 0 Å². The molecule has 0 saturated carbocycles. The van der Waals surface area contributed by atoms with E-state index in [-0.39, 0.29) is 18.6 Å². The zero-order valence-electron chi connectivity index (χ0n) is 16.8. The maximum atomic E-state index is 12.3. The maximum absolute atomic E-state index is 12.3. The van der Waals surface area contributed by atoms with Crippen LogP contribution in [0.15, 0.2) is 48.5 Å². The number of nitrogens with zero attached hydrogens (tertiary/aromatic N) is 1. The highest BCUT2D eigenvalue weighted by Gasteiger charge is 2.23. The second-order valence-electron chi connectivity index (χ2n) is 7.29. The van der Waals surface area contributed by atoms with E-state index in [9.17, 15) is 4.79 Å². The number of carbonyl (C=O) groups excluding carboxylic acids is 1. The number of nitrogens with one attached hydrogen (secondary N) is 1. The molecule has 1 amide bonds. The Morgan fingerprint density at radius 1 is 1.00 bits per heavy atom. The van der Waals surface area contributed by atoms with Crippen molar-refractivity contribution in [2.24, 2.45) is 0 Å². The van der Waals surface area contributed by atoms with Gasteiger partial charge in [0.1, 0.15) is 11.5 Å². The Hall–Kier alpha value is -2.53. The Morgan fingerprint density at radius 2 is 1.64 bits per heavy atom. The molecule has 2 aromatic carbocycles. The summed E-state index contributed by atoms with van der Waals surface area (Å²) in [5.74, 6) is 1.45. The van der Waals surface area contributed by atoms with Crippen molar-refractivity contribution in [3.05, 3.63) is 59.7 Å². The third kappa shape index (κ3) is 5.73. The fourth-order valence-corrected chi connectivity index (χ4v) is 3.56. The van der Waals surface area contributed by atoms with Gasteiger partial charge >= 0.3 is 0 Å². The lowest BCUT2D eigenvalue weighted by Crippen LogP contribution is -2.41. The average molecular weight is 383 g/mol. The van der Waals surface area contributed by atoms with Crippen LogP contribution in [0.3, 0.4) is 0 Å². The number of aryl methyl sites for hydroxylation is 1. The number of methoxy groups -OCH3 is 1. The van der Waals surface area contributed by atoms with Gasteiger partial charge in [0.2, 0.25) is 0 Å². The van der Waals surface area contributed by atoms with E-state index in [4.69, 9.17) is 9.47 Å². The molecule has 1 heterocycles. The van der Waals surface area contributed by atoms with Crippen molar-refractivity contribution in [3.63, 3.8) is 0 Å². The van der Waals surface area contributed by atoms with Crippen molar-refractivity contribution < 1.29 is 14.3 Å². The molecule has 1 aliphatic rings. The van der Waals surface area contributed by atoms with Crippen LogP contribution in [0.1, 0.15) is 36.4 Å². The predicted molar refractivity (Wildman–Crippen MR) is 111 cm³/mol. The molecule has 0 aromatic heterocycles. The van der Waals surface area contributed by atoms with Crippen molar-refractivity contribution in [1.29, 1.82) is 0 Å². The fraction of sp³-hybridized carbons (Fsp3) is 0.435. The van der Waals surface area contributed by atoms with E-state index in [1.807, 2.05) is 43.3 Å². The fourth-order valence-electron chi connectivity index (χ4n) is 3.56. The second-order valence-corrected chi connectivity index (χ2v) is 7.29. The van der Waals surface area contributed by atoms with Crippen LogP contribution in [0.5, 0.6) is 11.5 Å². The number of benzene rings is 2. The molecule has 2 aromatic rings. The molecule has 0 unspecified atom stereocenters. The normalized spacial score (nSPS) is 15.6. The maximum Gasteiger partial charge on any atom is 0.258 e. The Balaban J connectivity index is 1.58. The third-order valence-corrected chi connectivity index (χ3v) is 5.22. The summed E-state index contributed by atoms with van der Waals surface area (Å²) in [7, 11) is 1.67. The first-order valence-corrected chi connectivity index (χ1v) is 10.00. The summed E-state index contributed by atoms with van der Waals surface area (Å²) in [4.78, 5) is 14.8. The lowest BCUT2D eigenvalue weighted by atomic mass is 10.0. The van der Waals surface area contributed by atoms with Crippen LogP contribution < -0.4 is 14.8 Å². The number of hydrogen-bond donors (Lipinski definition) is 1. The number of piperidine rings is 1. The SMILES string of the molecule is COc1ccc([C@@H](CNC(=O)COc2ccc(C)cc2)N2CCCCC2)cc1. The molecule has 1 atom stereocenters. The summed E-state index contributed by atoms with van der Waals surface area (Å²) < 4.78 is 10.9. The molecule has 5 nitrogen and oxygen atoms in total. The van der Waals surface area contributed by atoms with Crippen molar-refractivity contribution in [3.8, 4) is 11.5 Å². The second kappa shape index (κ2) is 10.1. The minimum absolute atomic E-state index is 0.0262. The van der Waals surface area contributed by atoms with Crippen LogP contribution in [0.2, 0.25) is 0 Å². The van der Waals surface area contributed by atoms with E-state index in [0.29, 0.717) is 12.3 Å². The first-order valence-electron chi connectivity index (χ1n) is 10.00. The van der Waals surface area contributed by atoms with Crippen molar-refractivity contribution >= 4 is 5.91 Å². The smallest absolute Gasteiger partial charge is 0.258 e. The molecule has 150 valence electrons. The molecule has 3 rings (SSSR count).